The van der Waals surface area contributed by atoms with Crippen LogP contribution in [0.3, 0.4) is 0 Å². The van der Waals surface area contributed by atoms with Gasteiger partial charge in [0, 0.05) is 66.0 Å². The molecule has 37 heavy (non-hydrogen) atoms. The molecule has 2 aliphatic rings. The zero-order chi connectivity index (χ0) is 25.5. The molecule has 12 nitrogen and oxygen atoms in total. The number of carbonyl (C=O) groups is 2. The van der Waals surface area contributed by atoms with Crippen molar-refractivity contribution in [2.45, 2.75) is 6.04 Å². The van der Waals surface area contributed by atoms with Gasteiger partial charge >= 0.3 is 0 Å². The largest absolute Gasteiger partial charge is 0.394 e. The molecular weight excluding hydrogens is 476 g/mol. The normalized spacial score (nSPS) is 15.8. The lowest BCUT2D eigenvalue weighted by Gasteiger charge is -2.37. The van der Waals surface area contributed by atoms with Gasteiger partial charge in [-0.15, -0.1) is 0 Å². The number of nitrogens with zero attached hydrogens (tertiary/aromatic N) is 8. The van der Waals surface area contributed by atoms with Crippen molar-refractivity contribution in [3.05, 3.63) is 66.4 Å². The molecule has 6 rings (SSSR count). The summed E-state index contributed by atoms with van der Waals surface area (Å²) in [6.45, 7) is 1.75. The average Bonchev–Trinajstić information content (AvgIpc) is 3.49. The second kappa shape index (κ2) is 9.22. The maximum absolute atomic E-state index is 13.2. The van der Waals surface area contributed by atoms with E-state index in [2.05, 4.69) is 29.9 Å². The van der Waals surface area contributed by atoms with Gasteiger partial charge in [-0.1, -0.05) is 12.1 Å². The van der Waals surface area contributed by atoms with Crippen LogP contribution in [0.4, 0.5) is 11.6 Å². The van der Waals surface area contributed by atoms with Crippen LogP contribution in [0.25, 0.3) is 16.6 Å². The summed E-state index contributed by atoms with van der Waals surface area (Å²) in [5.74, 6) is 0.231. The van der Waals surface area contributed by atoms with E-state index in [1.54, 1.807) is 41.5 Å². The summed E-state index contributed by atoms with van der Waals surface area (Å²) in [4.78, 5) is 44.7. The molecule has 0 atom stereocenters. The maximum Gasteiger partial charge on any atom is 0.261 e. The molecule has 2 amide bonds. The van der Waals surface area contributed by atoms with Crippen molar-refractivity contribution >= 4 is 34.2 Å². The number of rotatable bonds is 6. The molecule has 0 spiro atoms. The van der Waals surface area contributed by atoms with Crippen LogP contribution < -0.4 is 9.80 Å². The predicted octanol–water partition coefficient (Wildman–Crippen LogP) is 0.486. The van der Waals surface area contributed by atoms with Gasteiger partial charge in [0.05, 0.1) is 19.3 Å². The second-order valence-electron chi connectivity index (χ2n) is 8.89. The minimum absolute atomic E-state index is 0.387. The summed E-state index contributed by atoms with van der Waals surface area (Å²) in [5, 5.41) is 24.8. The third-order valence-electron chi connectivity index (χ3n) is 6.89. The van der Waals surface area contributed by atoms with Gasteiger partial charge in [0.2, 0.25) is 5.95 Å². The molecule has 2 aromatic carbocycles. The highest BCUT2D eigenvalue weighted by atomic mass is 16.3. The Hall–Kier alpha value is -4.42. The fourth-order valence-corrected chi connectivity index (χ4v) is 5.02. The number of amides is 2. The number of piperazine rings is 1. The molecule has 2 aliphatic heterocycles. The van der Waals surface area contributed by atoms with Gasteiger partial charge in [0.15, 0.2) is 5.82 Å². The topological polar surface area (TPSA) is 141 Å². The highest BCUT2D eigenvalue weighted by molar-refractivity contribution is 6.27. The Morgan fingerprint density at radius 2 is 1.62 bits per heavy atom. The van der Waals surface area contributed by atoms with E-state index in [9.17, 15) is 19.8 Å². The van der Waals surface area contributed by atoms with Gasteiger partial charge in [-0.3, -0.25) is 14.5 Å². The fraction of sp³-hybridized carbons (Fsp3) is 0.280. The highest BCUT2D eigenvalue weighted by Gasteiger charge is 2.37. The van der Waals surface area contributed by atoms with Crippen LogP contribution in [0.1, 0.15) is 20.7 Å². The second-order valence-corrected chi connectivity index (χ2v) is 8.89. The van der Waals surface area contributed by atoms with Crippen LogP contribution in [0.2, 0.25) is 0 Å². The van der Waals surface area contributed by atoms with Crippen LogP contribution in [0, 0.1) is 0 Å². The van der Waals surface area contributed by atoms with Gasteiger partial charge in [-0.25, -0.2) is 14.6 Å². The monoisotopic (exact) mass is 500 g/mol. The van der Waals surface area contributed by atoms with E-state index >= 15 is 0 Å². The molecule has 1 fully saturated rings. The molecule has 0 aliphatic carbocycles. The number of carbonyl (C=O) groups excluding carboxylic acids is 2. The van der Waals surface area contributed by atoms with E-state index in [4.69, 9.17) is 0 Å². The number of aliphatic hydroxyl groups excluding tert-OH is 2. The van der Waals surface area contributed by atoms with E-state index in [-0.39, 0.29) is 0 Å². The zero-order valence-corrected chi connectivity index (χ0v) is 19.8. The molecule has 0 radical (unpaired) electrons. The number of aliphatic hydroxyl groups is 2. The summed E-state index contributed by atoms with van der Waals surface area (Å²) < 4.78 is 1.59. The Balaban J connectivity index is 1.28. The number of imide groups is 1. The molecule has 12 heteroatoms. The molecule has 4 aromatic rings. The van der Waals surface area contributed by atoms with Gasteiger partial charge in [-0.05, 0) is 18.2 Å². The number of aromatic nitrogens is 5. The first kappa shape index (κ1) is 23.0. The van der Waals surface area contributed by atoms with E-state index in [1.165, 1.54) is 6.33 Å². The Bertz CT molecular complexity index is 1460. The first-order valence-corrected chi connectivity index (χ1v) is 11.9. The molecular formula is C25H24N8O4. The third kappa shape index (κ3) is 3.77. The Morgan fingerprint density at radius 3 is 2.32 bits per heavy atom. The summed E-state index contributed by atoms with van der Waals surface area (Å²) in [6.07, 6.45) is 4.74. The van der Waals surface area contributed by atoms with E-state index < -0.39 is 31.1 Å². The van der Waals surface area contributed by atoms with Gasteiger partial charge < -0.3 is 20.0 Å². The maximum atomic E-state index is 13.2. The Labute approximate surface area is 211 Å². The van der Waals surface area contributed by atoms with E-state index in [0.29, 0.717) is 54.5 Å². The highest BCUT2D eigenvalue weighted by Crippen LogP contribution is 2.37. The predicted molar refractivity (Wildman–Crippen MR) is 134 cm³/mol. The summed E-state index contributed by atoms with van der Waals surface area (Å²) >= 11 is 0. The first-order valence-electron chi connectivity index (χ1n) is 11.9. The lowest BCUT2D eigenvalue weighted by Crippen LogP contribution is -2.50. The first-order chi connectivity index (χ1) is 18.1. The quantitative estimate of drug-likeness (QED) is 0.359. The molecule has 4 heterocycles. The van der Waals surface area contributed by atoms with Gasteiger partial charge in [0.25, 0.3) is 11.8 Å². The molecule has 2 N–H and O–H groups in total. The smallest absolute Gasteiger partial charge is 0.261 e. The van der Waals surface area contributed by atoms with Gasteiger partial charge in [0.1, 0.15) is 12.7 Å². The van der Waals surface area contributed by atoms with Crippen molar-refractivity contribution in [2.75, 3.05) is 49.2 Å². The van der Waals surface area contributed by atoms with Crippen molar-refractivity contribution in [3.8, 4) is 5.82 Å². The van der Waals surface area contributed by atoms with Crippen molar-refractivity contribution in [1.82, 2.24) is 29.6 Å². The molecule has 0 saturated carbocycles. The van der Waals surface area contributed by atoms with Crippen LogP contribution in [-0.4, -0.2) is 97.1 Å². The lowest BCUT2D eigenvalue weighted by molar-refractivity contribution is 0.0375. The summed E-state index contributed by atoms with van der Waals surface area (Å²) in [7, 11) is 0. The molecule has 2 aromatic heterocycles. The fourth-order valence-electron chi connectivity index (χ4n) is 5.02. The van der Waals surface area contributed by atoms with Gasteiger partial charge in [-0.2, -0.15) is 10.1 Å². The van der Waals surface area contributed by atoms with Crippen LogP contribution in [-0.2, 0) is 0 Å². The lowest BCUT2D eigenvalue weighted by atomic mass is 9.92. The average molecular weight is 501 g/mol. The minimum atomic E-state index is -0.985. The molecule has 0 unspecified atom stereocenters. The number of benzene rings is 2. The SMILES string of the molecule is O=C1c2cccc3c(N4CCN(c5nccc(-n6cncn6)n5)CC4)ccc(c23)C(=O)N1C(CO)CO. The van der Waals surface area contributed by atoms with E-state index in [0.717, 1.165) is 16.0 Å². The zero-order valence-electron chi connectivity index (χ0n) is 19.8. The summed E-state index contributed by atoms with van der Waals surface area (Å²) in [5.41, 5.74) is 1.71. The van der Waals surface area contributed by atoms with E-state index in [1.807, 2.05) is 12.1 Å². The Kier molecular flexibility index (Phi) is 5.74. The van der Waals surface area contributed by atoms with Crippen LogP contribution >= 0.6 is 0 Å². The Morgan fingerprint density at radius 1 is 0.892 bits per heavy atom. The van der Waals surface area contributed by atoms with Crippen LogP contribution in [0.15, 0.2) is 55.2 Å². The van der Waals surface area contributed by atoms with Crippen molar-refractivity contribution in [1.29, 1.82) is 0 Å². The van der Waals surface area contributed by atoms with Crippen molar-refractivity contribution in [3.63, 3.8) is 0 Å². The molecule has 0 bridgehead atoms. The minimum Gasteiger partial charge on any atom is -0.394 e. The third-order valence-corrected chi connectivity index (χ3v) is 6.89. The van der Waals surface area contributed by atoms with Crippen molar-refractivity contribution in [2.24, 2.45) is 0 Å². The van der Waals surface area contributed by atoms with Crippen LogP contribution in [0.5, 0.6) is 0 Å². The molecule has 1 saturated heterocycles. The standard InChI is InChI=1S/C25H24N8O4/c34-12-16(13-35)33-23(36)18-3-1-2-17-20(5-4-19(22(17)18)24(33)37)30-8-10-31(11-9-30)25-27-7-6-21(29-25)32-15-26-14-28-32/h1-7,14-16,34-35H,8-13H2. The number of hydrogen-bond acceptors (Lipinski definition) is 10. The number of hydrogen-bond donors (Lipinski definition) is 2. The summed E-state index contributed by atoms with van der Waals surface area (Å²) in [6, 6.07) is 9.81. The molecule has 188 valence electrons. The number of anilines is 2. The van der Waals surface area contributed by atoms with Crippen molar-refractivity contribution < 1.29 is 19.8 Å².